The fourth-order valence-electron chi connectivity index (χ4n) is 3.29. The third-order valence-corrected chi connectivity index (χ3v) is 5.07. The predicted octanol–water partition coefficient (Wildman–Crippen LogP) is 4.07. The number of hydrogen-bond acceptors (Lipinski definition) is 6. The van der Waals surface area contributed by atoms with Crippen LogP contribution in [-0.4, -0.2) is 63.9 Å². The molecule has 0 fully saturated rings. The summed E-state index contributed by atoms with van der Waals surface area (Å²) in [5.41, 5.74) is 3.43. The predicted molar refractivity (Wildman–Crippen MR) is 134 cm³/mol. The number of anilines is 1. The zero-order valence-electron chi connectivity index (χ0n) is 20.1. The number of carbonyl (C=O) groups is 1. The van der Waals surface area contributed by atoms with Gasteiger partial charge in [0.2, 0.25) is 5.88 Å². The fraction of sp³-hybridized carbons (Fsp3) is 0.308. The smallest absolute Gasteiger partial charge is 0.319 e. The molecular weight excluding hydrogens is 432 g/mol. The van der Waals surface area contributed by atoms with Gasteiger partial charge in [-0.3, -0.25) is 0 Å². The summed E-state index contributed by atoms with van der Waals surface area (Å²) >= 11 is 0. The Morgan fingerprint density at radius 1 is 0.971 bits per heavy atom. The Morgan fingerprint density at radius 3 is 2.53 bits per heavy atom. The number of rotatable bonds is 11. The lowest BCUT2D eigenvalue weighted by Gasteiger charge is -2.12. The summed E-state index contributed by atoms with van der Waals surface area (Å²) in [6.07, 6.45) is 0.703. The molecule has 0 unspecified atom stereocenters. The van der Waals surface area contributed by atoms with E-state index in [0.717, 1.165) is 23.4 Å². The number of amides is 2. The maximum atomic E-state index is 12.1. The van der Waals surface area contributed by atoms with E-state index in [9.17, 15) is 4.79 Å². The summed E-state index contributed by atoms with van der Waals surface area (Å²) in [4.78, 5) is 18.7. The van der Waals surface area contributed by atoms with Gasteiger partial charge in [0.05, 0.1) is 26.5 Å². The molecule has 2 amide bonds. The standard InChI is InChI=1S/C26H32N4O4/c1-30(2)15-14-27-26(31)28-21-8-5-7-20(18-21)22-9-6-10-25(29-22)34-16-13-19-11-12-23(32-3)24(17-19)33-4/h5-12,17-18H,13-16H2,1-4H3,(H2,27,28,31). The van der Waals surface area contributed by atoms with Crippen molar-refractivity contribution < 1.29 is 19.0 Å². The van der Waals surface area contributed by atoms with Gasteiger partial charge in [0.15, 0.2) is 11.5 Å². The molecule has 2 aromatic carbocycles. The van der Waals surface area contributed by atoms with Crippen LogP contribution in [0.3, 0.4) is 0 Å². The third-order valence-electron chi connectivity index (χ3n) is 5.07. The van der Waals surface area contributed by atoms with Gasteiger partial charge < -0.3 is 29.7 Å². The van der Waals surface area contributed by atoms with Crippen molar-refractivity contribution in [3.8, 4) is 28.6 Å². The molecule has 0 bridgehead atoms. The summed E-state index contributed by atoms with van der Waals surface area (Å²) in [7, 11) is 7.16. The minimum atomic E-state index is -0.237. The maximum Gasteiger partial charge on any atom is 0.319 e. The second kappa shape index (κ2) is 12.5. The number of methoxy groups -OCH3 is 2. The number of nitrogens with one attached hydrogen (secondary N) is 2. The highest BCUT2D eigenvalue weighted by molar-refractivity contribution is 5.90. The number of aromatic nitrogens is 1. The Labute approximate surface area is 200 Å². The summed E-state index contributed by atoms with van der Waals surface area (Å²) in [5, 5.41) is 5.70. The zero-order chi connectivity index (χ0) is 24.3. The molecule has 3 aromatic rings. The van der Waals surface area contributed by atoms with Gasteiger partial charge in [-0.15, -0.1) is 0 Å². The van der Waals surface area contributed by atoms with Crippen LogP contribution >= 0.6 is 0 Å². The molecule has 8 nitrogen and oxygen atoms in total. The van der Waals surface area contributed by atoms with Gasteiger partial charge in [-0.2, -0.15) is 0 Å². The lowest BCUT2D eigenvalue weighted by Crippen LogP contribution is -2.34. The Morgan fingerprint density at radius 2 is 1.76 bits per heavy atom. The molecule has 34 heavy (non-hydrogen) atoms. The van der Waals surface area contributed by atoms with Crippen LogP contribution in [-0.2, 0) is 6.42 Å². The number of likely N-dealkylation sites (N-methyl/N-ethyl adjacent to an activating group) is 1. The zero-order valence-corrected chi connectivity index (χ0v) is 20.1. The molecule has 0 saturated heterocycles. The van der Waals surface area contributed by atoms with Crippen LogP contribution in [0.1, 0.15) is 5.56 Å². The maximum absolute atomic E-state index is 12.1. The summed E-state index contributed by atoms with van der Waals surface area (Å²) in [5.74, 6) is 1.93. The average Bonchev–Trinajstić information content (AvgIpc) is 2.84. The number of carbonyl (C=O) groups excluding carboxylic acids is 1. The van der Waals surface area contributed by atoms with E-state index in [0.29, 0.717) is 42.6 Å². The first-order valence-electron chi connectivity index (χ1n) is 11.1. The fourth-order valence-corrected chi connectivity index (χ4v) is 3.29. The minimum absolute atomic E-state index is 0.237. The third kappa shape index (κ3) is 7.38. The van der Waals surface area contributed by atoms with Crippen molar-refractivity contribution in [3.05, 3.63) is 66.2 Å². The van der Waals surface area contributed by atoms with Gasteiger partial charge in [-0.25, -0.2) is 9.78 Å². The van der Waals surface area contributed by atoms with E-state index in [2.05, 4.69) is 15.6 Å². The van der Waals surface area contributed by atoms with Crippen molar-refractivity contribution in [2.24, 2.45) is 0 Å². The molecule has 1 heterocycles. The first-order valence-corrected chi connectivity index (χ1v) is 11.1. The number of urea groups is 1. The van der Waals surface area contributed by atoms with Crippen molar-refractivity contribution in [2.75, 3.05) is 53.3 Å². The Balaban J connectivity index is 1.59. The van der Waals surface area contributed by atoms with Gasteiger partial charge >= 0.3 is 6.03 Å². The first kappa shape index (κ1) is 24.9. The van der Waals surface area contributed by atoms with Crippen molar-refractivity contribution in [1.82, 2.24) is 15.2 Å². The van der Waals surface area contributed by atoms with E-state index in [4.69, 9.17) is 14.2 Å². The number of hydrogen-bond donors (Lipinski definition) is 2. The van der Waals surface area contributed by atoms with Gasteiger partial charge in [0.25, 0.3) is 0 Å². The summed E-state index contributed by atoms with van der Waals surface area (Å²) in [6, 6.07) is 18.8. The van der Waals surface area contributed by atoms with Crippen LogP contribution in [0.15, 0.2) is 60.7 Å². The summed E-state index contributed by atoms with van der Waals surface area (Å²) < 4.78 is 16.5. The van der Waals surface area contributed by atoms with Gasteiger partial charge in [0.1, 0.15) is 0 Å². The van der Waals surface area contributed by atoms with E-state index < -0.39 is 0 Å². The topological polar surface area (TPSA) is 85.0 Å². The molecule has 0 aliphatic carbocycles. The normalized spacial score (nSPS) is 10.6. The molecule has 0 radical (unpaired) electrons. The van der Waals surface area contributed by atoms with Crippen molar-refractivity contribution in [1.29, 1.82) is 0 Å². The molecule has 0 saturated carbocycles. The van der Waals surface area contributed by atoms with E-state index >= 15 is 0 Å². The Hall–Kier alpha value is -3.78. The highest BCUT2D eigenvalue weighted by Crippen LogP contribution is 2.28. The molecule has 180 valence electrons. The molecule has 8 heteroatoms. The molecule has 0 aliphatic rings. The van der Waals surface area contributed by atoms with Crippen LogP contribution in [0.4, 0.5) is 10.5 Å². The lowest BCUT2D eigenvalue weighted by molar-refractivity contribution is 0.250. The quantitative estimate of drug-likeness (QED) is 0.445. The van der Waals surface area contributed by atoms with E-state index in [1.807, 2.05) is 79.7 Å². The van der Waals surface area contributed by atoms with E-state index in [1.165, 1.54) is 0 Å². The molecule has 0 atom stereocenters. The molecule has 3 rings (SSSR count). The van der Waals surface area contributed by atoms with Crippen LogP contribution in [0.25, 0.3) is 11.3 Å². The number of ether oxygens (including phenoxy) is 3. The van der Waals surface area contributed by atoms with E-state index in [-0.39, 0.29) is 6.03 Å². The van der Waals surface area contributed by atoms with Crippen LogP contribution in [0, 0.1) is 0 Å². The van der Waals surface area contributed by atoms with Crippen LogP contribution < -0.4 is 24.8 Å². The summed E-state index contributed by atoms with van der Waals surface area (Å²) in [6.45, 7) is 1.82. The van der Waals surface area contributed by atoms with Crippen LogP contribution in [0.5, 0.6) is 17.4 Å². The number of nitrogens with zero attached hydrogens (tertiary/aromatic N) is 2. The highest BCUT2D eigenvalue weighted by atomic mass is 16.5. The number of benzene rings is 2. The second-order valence-electron chi connectivity index (χ2n) is 7.91. The van der Waals surface area contributed by atoms with Crippen molar-refractivity contribution >= 4 is 11.7 Å². The SMILES string of the molecule is COc1ccc(CCOc2cccc(-c3cccc(NC(=O)NCCN(C)C)c3)n2)cc1OC. The Bertz CT molecular complexity index is 1090. The highest BCUT2D eigenvalue weighted by Gasteiger charge is 2.07. The second-order valence-corrected chi connectivity index (χ2v) is 7.91. The van der Waals surface area contributed by atoms with E-state index in [1.54, 1.807) is 14.2 Å². The molecule has 2 N–H and O–H groups in total. The van der Waals surface area contributed by atoms with Crippen molar-refractivity contribution in [3.63, 3.8) is 0 Å². The largest absolute Gasteiger partial charge is 0.493 e. The average molecular weight is 465 g/mol. The number of pyridine rings is 1. The lowest BCUT2D eigenvalue weighted by atomic mass is 10.1. The van der Waals surface area contributed by atoms with Gasteiger partial charge in [0, 0.05) is 36.8 Å². The van der Waals surface area contributed by atoms with Crippen LogP contribution in [0.2, 0.25) is 0 Å². The Kier molecular flexibility index (Phi) is 9.11. The molecular formula is C26H32N4O4. The molecule has 0 aliphatic heterocycles. The van der Waals surface area contributed by atoms with Crippen molar-refractivity contribution in [2.45, 2.75) is 6.42 Å². The van der Waals surface area contributed by atoms with Gasteiger partial charge in [-0.1, -0.05) is 24.3 Å². The minimum Gasteiger partial charge on any atom is -0.493 e. The first-order chi connectivity index (χ1) is 16.5. The van der Waals surface area contributed by atoms with Gasteiger partial charge in [-0.05, 0) is 50.0 Å². The molecule has 1 aromatic heterocycles. The monoisotopic (exact) mass is 464 g/mol. The molecule has 0 spiro atoms.